The van der Waals surface area contributed by atoms with Gasteiger partial charge in [-0.05, 0) is 43.0 Å². The van der Waals surface area contributed by atoms with Crippen LogP contribution in [0.15, 0.2) is 24.3 Å². The summed E-state index contributed by atoms with van der Waals surface area (Å²) in [6.07, 6.45) is 2.65. The van der Waals surface area contributed by atoms with Gasteiger partial charge in [0.2, 0.25) is 0 Å². The highest BCUT2D eigenvalue weighted by Crippen LogP contribution is 2.17. The number of benzene rings is 1. The van der Waals surface area contributed by atoms with Gasteiger partial charge in [0.15, 0.2) is 0 Å². The lowest BCUT2D eigenvalue weighted by Gasteiger charge is -2.33. The van der Waals surface area contributed by atoms with Crippen LogP contribution >= 0.6 is 0 Å². The highest BCUT2D eigenvalue weighted by molar-refractivity contribution is 5.24. The van der Waals surface area contributed by atoms with E-state index < -0.39 is 0 Å². The second-order valence-electron chi connectivity index (χ2n) is 6.03. The average molecular weight is 260 g/mol. The topological polar surface area (TPSA) is 15.3 Å². The first-order valence-electron chi connectivity index (χ1n) is 7.73. The molecule has 1 N–H and O–H groups in total. The monoisotopic (exact) mass is 260 g/mol. The Morgan fingerprint density at radius 1 is 1.26 bits per heavy atom. The molecule has 1 aliphatic heterocycles. The quantitative estimate of drug-likeness (QED) is 0.873. The molecule has 2 nitrogen and oxygen atoms in total. The number of rotatable bonds is 5. The van der Waals surface area contributed by atoms with Crippen molar-refractivity contribution < 1.29 is 0 Å². The van der Waals surface area contributed by atoms with Crippen LogP contribution in [0.25, 0.3) is 0 Å². The van der Waals surface area contributed by atoms with Gasteiger partial charge >= 0.3 is 0 Å². The maximum absolute atomic E-state index is 3.58. The molecule has 1 atom stereocenters. The molecule has 1 aromatic rings. The Morgan fingerprint density at radius 2 is 2.00 bits per heavy atom. The first-order valence-corrected chi connectivity index (χ1v) is 7.73. The second kappa shape index (κ2) is 7.06. The third-order valence-corrected chi connectivity index (χ3v) is 4.05. The molecule has 0 saturated carbocycles. The summed E-state index contributed by atoms with van der Waals surface area (Å²) >= 11 is 0. The standard InChI is InChI=1S/C17H28N2/c1-4-18-17-6-5-11-19(13-17)12-15-7-9-16(10-8-15)14(2)3/h7-10,14,17-18H,4-6,11-13H2,1-3H3. The smallest absolute Gasteiger partial charge is 0.0234 e. The van der Waals surface area contributed by atoms with Gasteiger partial charge in [-0.3, -0.25) is 4.90 Å². The van der Waals surface area contributed by atoms with Gasteiger partial charge in [0, 0.05) is 19.1 Å². The number of likely N-dealkylation sites (N-methyl/N-ethyl adjacent to an activating group) is 1. The minimum Gasteiger partial charge on any atom is -0.313 e. The van der Waals surface area contributed by atoms with Gasteiger partial charge in [0.25, 0.3) is 0 Å². The summed E-state index contributed by atoms with van der Waals surface area (Å²) in [5, 5.41) is 3.58. The largest absolute Gasteiger partial charge is 0.313 e. The molecule has 1 saturated heterocycles. The van der Waals surface area contributed by atoms with E-state index >= 15 is 0 Å². The lowest BCUT2D eigenvalue weighted by atomic mass is 10.0. The van der Waals surface area contributed by atoms with E-state index in [1.54, 1.807) is 0 Å². The molecule has 0 spiro atoms. The van der Waals surface area contributed by atoms with Crippen molar-refractivity contribution in [1.82, 2.24) is 10.2 Å². The molecule has 0 aliphatic carbocycles. The zero-order valence-corrected chi connectivity index (χ0v) is 12.7. The summed E-state index contributed by atoms with van der Waals surface area (Å²) in [7, 11) is 0. The van der Waals surface area contributed by atoms with Crippen molar-refractivity contribution in [1.29, 1.82) is 0 Å². The van der Waals surface area contributed by atoms with Crippen LogP contribution in [-0.2, 0) is 6.54 Å². The third kappa shape index (κ3) is 4.32. The van der Waals surface area contributed by atoms with Gasteiger partial charge in [-0.25, -0.2) is 0 Å². The third-order valence-electron chi connectivity index (χ3n) is 4.05. The highest BCUT2D eigenvalue weighted by Gasteiger charge is 2.18. The van der Waals surface area contributed by atoms with Crippen molar-refractivity contribution in [2.45, 2.75) is 52.1 Å². The molecule has 1 aromatic carbocycles. The van der Waals surface area contributed by atoms with Crippen LogP contribution in [0.3, 0.4) is 0 Å². The van der Waals surface area contributed by atoms with Crippen LogP contribution < -0.4 is 5.32 Å². The fraction of sp³-hybridized carbons (Fsp3) is 0.647. The Hall–Kier alpha value is -0.860. The number of nitrogens with zero attached hydrogens (tertiary/aromatic N) is 1. The van der Waals surface area contributed by atoms with E-state index in [4.69, 9.17) is 0 Å². The van der Waals surface area contributed by atoms with Gasteiger partial charge < -0.3 is 5.32 Å². The van der Waals surface area contributed by atoms with Crippen LogP contribution in [0.1, 0.15) is 50.7 Å². The molecule has 1 fully saturated rings. The summed E-state index contributed by atoms with van der Waals surface area (Å²) in [6, 6.07) is 9.85. The van der Waals surface area contributed by atoms with Crippen molar-refractivity contribution >= 4 is 0 Å². The molecule has 19 heavy (non-hydrogen) atoms. The molecule has 2 heteroatoms. The molecule has 106 valence electrons. The molecular weight excluding hydrogens is 232 g/mol. The van der Waals surface area contributed by atoms with E-state index in [1.165, 1.54) is 37.1 Å². The minimum absolute atomic E-state index is 0.627. The maximum Gasteiger partial charge on any atom is 0.0234 e. The first kappa shape index (κ1) is 14.5. The first-order chi connectivity index (χ1) is 9.19. The number of hydrogen-bond acceptors (Lipinski definition) is 2. The molecule has 0 radical (unpaired) electrons. The van der Waals surface area contributed by atoms with E-state index in [9.17, 15) is 0 Å². The average Bonchev–Trinajstić information content (AvgIpc) is 2.40. The van der Waals surface area contributed by atoms with Crippen LogP contribution in [0, 0.1) is 0 Å². The molecule has 1 heterocycles. The maximum atomic E-state index is 3.58. The fourth-order valence-electron chi connectivity index (χ4n) is 2.92. The number of nitrogens with one attached hydrogen (secondary N) is 1. The molecule has 0 bridgehead atoms. The van der Waals surface area contributed by atoms with Crippen molar-refractivity contribution in [3.63, 3.8) is 0 Å². The second-order valence-corrected chi connectivity index (χ2v) is 6.03. The molecule has 1 aliphatic rings. The van der Waals surface area contributed by atoms with Crippen LogP contribution in [0.5, 0.6) is 0 Å². The van der Waals surface area contributed by atoms with Gasteiger partial charge in [-0.1, -0.05) is 45.0 Å². The Morgan fingerprint density at radius 3 is 2.63 bits per heavy atom. The van der Waals surface area contributed by atoms with Crippen molar-refractivity contribution in [3.8, 4) is 0 Å². The van der Waals surface area contributed by atoms with E-state index in [0.29, 0.717) is 12.0 Å². The van der Waals surface area contributed by atoms with Crippen LogP contribution in [0.2, 0.25) is 0 Å². The molecule has 0 amide bonds. The van der Waals surface area contributed by atoms with Crippen molar-refractivity contribution in [2.24, 2.45) is 0 Å². The van der Waals surface area contributed by atoms with Crippen LogP contribution in [0.4, 0.5) is 0 Å². The summed E-state index contributed by atoms with van der Waals surface area (Å²) < 4.78 is 0. The number of likely N-dealkylation sites (tertiary alicyclic amines) is 1. The Bertz CT molecular complexity index is 367. The van der Waals surface area contributed by atoms with E-state index in [1.807, 2.05) is 0 Å². The van der Waals surface area contributed by atoms with Crippen molar-refractivity contribution in [2.75, 3.05) is 19.6 Å². The molecule has 1 unspecified atom stereocenters. The Balaban J connectivity index is 1.89. The van der Waals surface area contributed by atoms with Crippen LogP contribution in [-0.4, -0.2) is 30.6 Å². The van der Waals surface area contributed by atoms with Gasteiger partial charge in [0.05, 0.1) is 0 Å². The summed E-state index contributed by atoms with van der Waals surface area (Å²) in [5.41, 5.74) is 2.88. The summed E-state index contributed by atoms with van der Waals surface area (Å²) in [5.74, 6) is 0.627. The van der Waals surface area contributed by atoms with E-state index in [2.05, 4.69) is 55.3 Å². The highest BCUT2D eigenvalue weighted by atomic mass is 15.2. The predicted octanol–water partition coefficient (Wildman–Crippen LogP) is 3.38. The van der Waals surface area contributed by atoms with Gasteiger partial charge in [0.1, 0.15) is 0 Å². The van der Waals surface area contributed by atoms with E-state index in [0.717, 1.165) is 13.1 Å². The fourth-order valence-corrected chi connectivity index (χ4v) is 2.92. The molecule has 2 rings (SSSR count). The lowest BCUT2D eigenvalue weighted by Crippen LogP contribution is -2.45. The minimum atomic E-state index is 0.627. The normalized spacial score (nSPS) is 20.9. The number of hydrogen-bond donors (Lipinski definition) is 1. The van der Waals surface area contributed by atoms with Gasteiger partial charge in [-0.15, -0.1) is 0 Å². The molecule has 0 aromatic heterocycles. The lowest BCUT2D eigenvalue weighted by molar-refractivity contribution is 0.184. The SMILES string of the molecule is CCNC1CCCN(Cc2ccc(C(C)C)cc2)C1. The summed E-state index contributed by atoms with van der Waals surface area (Å²) in [4.78, 5) is 2.58. The van der Waals surface area contributed by atoms with E-state index in [-0.39, 0.29) is 0 Å². The number of piperidine rings is 1. The zero-order valence-electron chi connectivity index (χ0n) is 12.7. The Labute approximate surface area is 118 Å². The zero-order chi connectivity index (χ0) is 13.7. The predicted molar refractivity (Wildman–Crippen MR) is 82.5 cm³/mol. The Kier molecular flexibility index (Phi) is 5.41. The molecular formula is C17H28N2. The summed E-state index contributed by atoms with van der Waals surface area (Å²) in [6.45, 7) is 11.3. The van der Waals surface area contributed by atoms with Gasteiger partial charge in [-0.2, -0.15) is 0 Å². The van der Waals surface area contributed by atoms with Crippen molar-refractivity contribution in [3.05, 3.63) is 35.4 Å².